The summed E-state index contributed by atoms with van der Waals surface area (Å²) in [5.74, 6) is -0.855. The topological polar surface area (TPSA) is 49.6 Å². The minimum atomic E-state index is -4.49. The maximum Gasteiger partial charge on any atom is 0.416 e. The van der Waals surface area contributed by atoms with Gasteiger partial charge in [0.05, 0.1) is 5.56 Å². The van der Waals surface area contributed by atoms with Gasteiger partial charge in [-0.3, -0.25) is 4.79 Å². The lowest BCUT2D eigenvalue weighted by atomic mass is 10.1. The van der Waals surface area contributed by atoms with Gasteiger partial charge in [0.25, 0.3) is 0 Å². The molecule has 0 aromatic heterocycles. The van der Waals surface area contributed by atoms with Gasteiger partial charge in [-0.25, -0.2) is 0 Å². The third-order valence-corrected chi connectivity index (χ3v) is 3.40. The van der Waals surface area contributed by atoms with Crippen LogP contribution in [0.1, 0.15) is 15.9 Å². The first-order valence-corrected chi connectivity index (χ1v) is 6.23. The number of primary amides is 1. The Labute approximate surface area is 114 Å². The van der Waals surface area contributed by atoms with Gasteiger partial charge in [-0.1, -0.05) is 0 Å². The standard InChI is InChI=1S/C13H16F3N3O/c1-18-2-4-19(5-3-18)11-7-9(12(17)20)6-10(8-11)13(14,15)16/h6-8H,2-5H2,1H3,(H2,17,20). The van der Waals surface area contributed by atoms with Crippen LogP contribution in [0, 0.1) is 0 Å². The Kier molecular flexibility index (Phi) is 3.89. The van der Waals surface area contributed by atoms with Gasteiger partial charge in [-0.05, 0) is 25.2 Å². The van der Waals surface area contributed by atoms with Gasteiger partial charge < -0.3 is 15.5 Å². The number of carbonyl (C=O) groups excluding carboxylic acids is 1. The highest BCUT2D eigenvalue weighted by Gasteiger charge is 2.32. The van der Waals surface area contributed by atoms with Crippen molar-refractivity contribution in [3.8, 4) is 0 Å². The number of alkyl halides is 3. The predicted octanol–water partition coefficient (Wildman–Crippen LogP) is 1.56. The fraction of sp³-hybridized carbons (Fsp3) is 0.462. The van der Waals surface area contributed by atoms with Crippen LogP contribution in [0.2, 0.25) is 0 Å². The molecule has 110 valence electrons. The minimum Gasteiger partial charge on any atom is -0.369 e. The zero-order chi connectivity index (χ0) is 14.9. The molecule has 1 aliphatic rings. The number of hydrogen-bond acceptors (Lipinski definition) is 3. The first kappa shape index (κ1) is 14.6. The Hall–Kier alpha value is -1.76. The highest BCUT2D eigenvalue weighted by molar-refractivity contribution is 5.94. The molecule has 1 saturated heterocycles. The molecule has 0 radical (unpaired) electrons. The lowest BCUT2D eigenvalue weighted by molar-refractivity contribution is -0.137. The monoisotopic (exact) mass is 287 g/mol. The van der Waals surface area contributed by atoms with Crippen LogP contribution in [0.15, 0.2) is 18.2 Å². The number of nitrogens with two attached hydrogens (primary N) is 1. The van der Waals surface area contributed by atoms with E-state index in [1.165, 1.54) is 6.07 Å². The molecule has 1 aliphatic heterocycles. The van der Waals surface area contributed by atoms with Crippen molar-refractivity contribution in [3.05, 3.63) is 29.3 Å². The van der Waals surface area contributed by atoms with Crippen molar-refractivity contribution in [2.45, 2.75) is 6.18 Å². The summed E-state index contributed by atoms with van der Waals surface area (Å²) < 4.78 is 38.6. The molecule has 2 N–H and O–H groups in total. The molecule has 0 bridgehead atoms. The number of likely N-dealkylation sites (N-methyl/N-ethyl adjacent to an activating group) is 1. The second-order valence-electron chi connectivity index (χ2n) is 4.92. The molecule has 1 fully saturated rings. The van der Waals surface area contributed by atoms with Crippen LogP contribution < -0.4 is 10.6 Å². The molecule has 0 saturated carbocycles. The second-order valence-corrected chi connectivity index (χ2v) is 4.92. The van der Waals surface area contributed by atoms with Gasteiger partial charge in [0.2, 0.25) is 5.91 Å². The van der Waals surface area contributed by atoms with E-state index in [1.54, 1.807) is 0 Å². The molecule has 1 aromatic carbocycles. The lowest BCUT2D eigenvalue weighted by Gasteiger charge is -2.34. The van der Waals surface area contributed by atoms with Gasteiger partial charge in [0, 0.05) is 37.4 Å². The highest BCUT2D eigenvalue weighted by atomic mass is 19.4. The smallest absolute Gasteiger partial charge is 0.369 e. The van der Waals surface area contributed by atoms with E-state index in [9.17, 15) is 18.0 Å². The number of rotatable bonds is 2. The van der Waals surface area contributed by atoms with E-state index in [-0.39, 0.29) is 5.56 Å². The number of amides is 1. The molecule has 1 amide bonds. The number of anilines is 1. The first-order chi connectivity index (χ1) is 9.27. The maximum absolute atomic E-state index is 12.9. The summed E-state index contributed by atoms with van der Waals surface area (Å²) in [5, 5.41) is 0. The molecule has 20 heavy (non-hydrogen) atoms. The van der Waals surface area contributed by atoms with Gasteiger partial charge >= 0.3 is 6.18 Å². The van der Waals surface area contributed by atoms with Crippen molar-refractivity contribution in [2.24, 2.45) is 5.73 Å². The largest absolute Gasteiger partial charge is 0.416 e. The molecule has 7 heteroatoms. The minimum absolute atomic E-state index is 0.117. The van der Waals surface area contributed by atoms with E-state index >= 15 is 0 Å². The number of benzene rings is 1. The Morgan fingerprint density at radius 1 is 1.15 bits per heavy atom. The van der Waals surface area contributed by atoms with Gasteiger partial charge in [0.15, 0.2) is 0 Å². The first-order valence-electron chi connectivity index (χ1n) is 6.23. The van der Waals surface area contributed by atoms with Crippen molar-refractivity contribution in [3.63, 3.8) is 0 Å². The Morgan fingerprint density at radius 3 is 2.25 bits per heavy atom. The number of halogens is 3. The van der Waals surface area contributed by atoms with Crippen molar-refractivity contribution in [1.82, 2.24) is 4.90 Å². The number of piperazine rings is 1. The molecule has 0 atom stereocenters. The summed E-state index contributed by atoms with van der Waals surface area (Å²) in [4.78, 5) is 15.1. The molecule has 0 spiro atoms. The number of nitrogens with zero attached hydrogens (tertiary/aromatic N) is 2. The lowest BCUT2D eigenvalue weighted by Crippen LogP contribution is -2.44. The number of carbonyl (C=O) groups is 1. The summed E-state index contributed by atoms with van der Waals surface area (Å²) >= 11 is 0. The Balaban J connectivity index is 2.37. The zero-order valence-corrected chi connectivity index (χ0v) is 11.1. The molecule has 0 unspecified atom stereocenters. The van der Waals surface area contributed by atoms with Crippen LogP contribution in [0.5, 0.6) is 0 Å². The summed E-state index contributed by atoms with van der Waals surface area (Å²) in [6.45, 7) is 2.77. The van der Waals surface area contributed by atoms with E-state index in [0.29, 0.717) is 18.8 Å². The normalized spacial score (nSPS) is 17.3. The predicted molar refractivity (Wildman–Crippen MR) is 69.7 cm³/mol. The SMILES string of the molecule is CN1CCN(c2cc(C(N)=O)cc(C(F)(F)F)c2)CC1. The molecule has 2 rings (SSSR count). The van der Waals surface area contributed by atoms with E-state index in [0.717, 1.165) is 25.2 Å². The van der Waals surface area contributed by atoms with Crippen LogP contribution in [-0.4, -0.2) is 44.0 Å². The quantitative estimate of drug-likeness (QED) is 0.898. The summed E-state index contributed by atoms with van der Waals surface area (Å²) in [6.07, 6.45) is -4.49. The Morgan fingerprint density at radius 2 is 1.75 bits per heavy atom. The molecule has 1 aromatic rings. The van der Waals surface area contributed by atoms with E-state index in [2.05, 4.69) is 4.90 Å². The fourth-order valence-electron chi connectivity index (χ4n) is 2.16. The van der Waals surface area contributed by atoms with Crippen LogP contribution in [0.25, 0.3) is 0 Å². The highest BCUT2D eigenvalue weighted by Crippen LogP contribution is 2.33. The fourth-order valence-corrected chi connectivity index (χ4v) is 2.16. The van der Waals surface area contributed by atoms with Crippen LogP contribution in [-0.2, 0) is 6.18 Å². The van der Waals surface area contributed by atoms with Crippen LogP contribution >= 0.6 is 0 Å². The molecular weight excluding hydrogens is 271 g/mol. The third kappa shape index (κ3) is 3.22. The van der Waals surface area contributed by atoms with Crippen molar-refractivity contribution in [1.29, 1.82) is 0 Å². The summed E-state index contributed by atoms with van der Waals surface area (Å²) in [5.41, 5.74) is 4.54. The van der Waals surface area contributed by atoms with E-state index in [1.807, 2.05) is 11.9 Å². The zero-order valence-electron chi connectivity index (χ0n) is 11.1. The molecule has 1 heterocycles. The average molecular weight is 287 g/mol. The van der Waals surface area contributed by atoms with Gasteiger partial charge in [0.1, 0.15) is 0 Å². The third-order valence-electron chi connectivity index (χ3n) is 3.40. The van der Waals surface area contributed by atoms with Crippen LogP contribution in [0.4, 0.5) is 18.9 Å². The van der Waals surface area contributed by atoms with Crippen molar-refractivity contribution >= 4 is 11.6 Å². The van der Waals surface area contributed by atoms with E-state index < -0.39 is 17.6 Å². The molecule has 4 nitrogen and oxygen atoms in total. The van der Waals surface area contributed by atoms with Crippen molar-refractivity contribution in [2.75, 3.05) is 38.1 Å². The maximum atomic E-state index is 12.9. The molecule has 0 aliphatic carbocycles. The van der Waals surface area contributed by atoms with E-state index in [4.69, 9.17) is 5.73 Å². The second kappa shape index (κ2) is 5.32. The summed E-state index contributed by atoms with van der Waals surface area (Å²) in [6, 6.07) is 3.28. The summed E-state index contributed by atoms with van der Waals surface area (Å²) in [7, 11) is 1.96. The van der Waals surface area contributed by atoms with Gasteiger partial charge in [-0.2, -0.15) is 13.2 Å². The number of hydrogen-bond donors (Lipinski definition) is 1. The average Bonchev–Trinajstić information content (AvgIpc) is 2.38. The van der Waals surface area contributed by atoms with Gasteiger partial charge in [-0.15, -0.1) is 0 Å². The van der Waals surface area contributed by atoms with Crippen LogP contribution in [0.3, 0.4) is 0 Å². The Bertz CT molecular complexity index is 508. The molecular formula is C13H16F3N3O. The van der Waals surface area contributed by atoms with Crippen molar-refractivity contribution < 1.29 is 18.0 Å².